The van der Waals surface area contributed by atoms with Gasteiger partial charge in [-0.25, -0.2) is 0 Å². The summed E-state index contributed by atoms with van der Waals surface area (Å²) in [5, 5.41) is 10.9. The second kappa shape index (κ2) is 9.40. The van der Waals surface area contributed by atoms with Crippen LogP contribution in [0.5, 0.6) is 0 Å². The highest BCUT2D eigenvalue weighted by Gasteiger charge is 2.31. The second-order valence-electron chi connectivity index (χ2n) is 6.53. The van der Waals surface area contributed by atoms with Gasteiger partial charge < -0.3 is 4.74 Å². The highest BCUT2D eigenvalue weighted by molar-refractivity contribution is 5.85. The molecular formula is C18H27NO4. The normalized spacial score (nSPS) is 15.2. The number of rotatable bonds is 10. The first-order chi connectivity index (χ1) is 10.8. The summed E-state index contributed by atoms with van der Waals surface area (Å²) < 4.78 is 5.65. The maximum Gasteiger partial charge on any atom is 0.207 e. The molecule has 5 heteroatoms. The van der Waals surface area contributed by atoms with Crippen molar-refractivity contribution in [3.05, 3.63) is 46.0 Å². The molecule has 1 aromatic rings. The molecule has 128 valence electrons. The van der Waals surface area contributed by atoms with Crippen LogP contribution in [0.1, 0.15) is 39.7 Å². The summed E-state index contributed by atoms with van der Waals surface area (Å²) in [6.45, 7) is 7.72. The molecule has 0 bridgehead atoms. The van der Waals surface area contributed by atoms with Crippen LogP contribution in [-0.4, -0.2) is 23.4 Å². The Labute approximate surface area is 138 Å². The molecule has 0 radical (unpaired) electrons. The van der Waals surface area contributed by atoms with E-state index in [0.29, 0.717) is 18.9 Å². The van der Waals surface area contributed by atoms with Crippen LogP contribution in [0, 0.1) is 27.9 Å². The summed E-state index contributed by atoms with van der Waals surface area (Å²) in [6.07, 6.45) is 0.103. The Morgan fingerprint density at radius 2 is 1.78 bits per heavy atom. The van der Waals surface area contributed by atoms with Crippen molar-refractivity contribution in [3.8, 4) is 0 Å². The van der Waals surface area contributed by atoms with Crippen LogP contribution in [0.4, 0.5) is 0 Å². The molecule has 0 saturated heterocycles. The van der Waals surface area contributed by atoms with Crippen molar-refractivity contribution in [2.75, 3.05) is 6.54 Å². The fourth-order valence-corrected chi connectivity index (χ4v) is 2.71. The molecule has 1 aromatic carbocycles. The van der Waals surface area contributed by atoms with Gasteiger partial charge in [-0.1, -0.05) is 51.1 Å². The van der Waals surface area contributed by atoms with E-state index in [1.807, 2.05) is 44.2 Å². The number of nitrogens with zero attached hydrogens (tertiary/aromatic N) is 1. The van der Waals surface area contributed by atoms with E-state index in [1.165, 1.54) is 0 Å². The molecule has 5 nitrogen and oxygen atoms in total. The van der Waals surface area contributed by atoms with Gasteiger partial charge in [0.05, 0.1) is 6.61 Å². The van der Waals surface area contributed by atoms with Crippen LogP contribution in [0.3, 0.4) is 0 Å². The predicted octanol–water partition coefficient (Wildman–Crippen LogP) is 3.74. The minimum atomic E-state index is -0.563. The second-order valence-corrected chi connectivity index (χ2v) is 6.53. The Morgan fingerprint density at radius 1 is 1.17 bits per heavy atom. The number of hydrogen-bond donors (Lipinski definition) is 0. The standard InChI is InChI=1S/C18H27NO4/c1-13(2)10-17(11-19(21)22)14(3)18(20)15(4)23-12-16-8-6-5-7-9-16/h5-9,13-15,17H,10-12H2,1-4H3/t14-,15-,17+/m0/s1. The van der Waals surface area contributed by atoms with Crippen molar-refractivity contribution >= 4 is 5.78 Å². The third-order valence-electron chi connectivity index (χ3n) is 4.06. The average Bonchev–Trinajstić information content (AvgIpc) is 2.50. The molecule has 0 heterocycles. The summed E-state index contributed by atoms with van der Waals surface area (Å²) in [7, 11) is 0. The Kier molecular flexibility index (Phi) is 7.89. The van der Waals surface area contributed by atoms with Gasteiger partial charge in [-0.2, -0.15) is 0 Å². The Bertz CT molecular complexity index is 501. The van der Waals surface area contributed by atoms with Crippen molar-refractivity contribution in [3.63, 3.8) is 0 Å². The van der Waals surface area contributed by atoms with Crippen LogP contribution >= 0.6 is 0 Å². The lowest BCUT2D eigenvalue weighted by atomic mass is 9.82. The summed E-state index contributed by atoms with van der Waals surface area (Å²) in [5.74, 6) is -0.377. The lowest BCUT2D eigenvalue weighted by Crippen LogP contribution is -2.34. The first-order valence-corrected chi connectivity index (χ1v) is 8.12. The van der Waals surface area contributed by atoms with Crippen molar-refractivity contribution < 1.29 is 14.5 Å². The number of Topliss-reactive ketones (excluding diaryl/α,β-unsaturated/α-hetero) is 1. The van der Waals surface area contributed by atoms with E-state index in [2.05, 4.69) is 0 Å². The van der Waals surface area contributed by atoms with Gasteiger partial charge in [0, 0.05) is 16.8 Å². The molecule has 0 N–H and O–H groups in total. The van der Waals surface area contributed by atoms with Crippen LogP contribution in [0.2, 0.25) is 0 Å². The zero-order valence-electron chi connectivity index (χ0n) is 14.4. The molecule has 0 aromatic heterocycles. The van der Waals surface area contributed by atoms with E-state index < -0.39 is 6.10 Å². The van der Waals surface area contributed by atoms with Crippen LogP contribution < -0.4 is 0 Å². The number of ether oxygens (including phenoxy) is 1. The third-order valence-corrected chi connectivity index (χ3v) is 4.06. The topological polar surface area (TPSA) is 69.4 Å². The number of ketones is 1. The molecule has 3 atom stereocenters. The van der Waals surface area contributed by atoms with Crippen molar-refractivity contribution in [2.24, 2.45) is 17.8 Å². The lowest BCUT2D eigenvalue weighted by molar-refractivity contribution is -0.489. The highest BCUT2D eigenvalue weighted by Crippen LogP contribution is 2.23. The van der Waals surface area contributed by atoms with Gasteiger partial charge in [-0.15, -0.1) is 0 Å². The van der Waals surface area contributed by atoms with Crippen LogP contribution in [0.15, 0.2) is 30.3 Å². The average molecular weight is 321 g/mol. The Balaban J connectivity index is 2.62. The number of hydrogen-bond acceptors (Lipinski definition) is 4. The zero-order valence-corrected chi connectivity index (χ0v) is 14.4. The Hall–Kier alpha value is -1.75. The molecule has 1 rings (SSSR count). The third kappa shape index (κ3) is 6.91. The van der Waals surface area contributed by atoms with Crippen LogP contribution in [0.25, 0.3) is 0 Å². The summed E-state index contributed by atoms with van der Waals surface area (Å²) in [5.41, 5.74) is 1.00. The Morgan fingerprint density at radius 3 is 2.30 bits per heavy atom. The molecule has 0 saturated carbocycles. The number of nitro groups is 1. The molecule has 0 fully saturated rings. The smallest absolute Gasteiger partial charge is 0.207 e. The summed E-state index contributed by atoms with van der Waals surface area (Å²) >= 11 is 0. The van der Waals surface area contributed by atoms with E-state index in [1.54, 1.807) is 13.8 Å². The molecule has 0 spiro atoms. The molecular weight excluding hydrogens is 294 g/mol. The fraction of sp³-hybridized carbons (Fsp3) is 0.611. The van der Waals surface area contributed by atoms with Gasteiger partial charge in [0.25, 0.3) is 0 Å². The van der Waals surface area contributed by atoms with Crippen molar-refractivity contribution in [2.45, 2.75) is 46.8 Å². The highest BCUT2D eigenvalue weighted by atomic mass is 16.6. The van der Waals surface area contributed by atoms with Gasteiger partial charge >= 0.3 is 0 Å². The lowest BCUT2D eigenvalue weighted by Gasteiger charge is -2.24. The van der Waals surface area contributed by atoms with Gasteiger partial charge in [-0.3, -0.25) is 14.9 Å². The maximum absolute atomic E-state index is 12.5. The monoisotopic (exact) mass is 321 g/mol. The quantitative estimate of drug-likeness (QED) is 0.486. The predicted molar refractivity (Wildman–Crippen MR) is 89.7 cm³/mol. The number of carbonyl (C=O) groups excluding carboxylic acids is 1. The van der Waals surface area contributed by atoms with E-state index in [9.17, 15) is 14.9 Å². The van der Waals surface area contributed by atoms with Crippen molar-refractivity contribution in [1.82, 2.24) is 0 Å². The minimum Gasteiger partial charge on any atom is -0.366 e. The van der Waals surface area contributed by atoms with E-state index in [4.69, 9.17) is 4.74 Å². The maximum atomic E-state index is 12.5. The van der Waals surface area contributed by atoms with Crippen LogP contribution in [-0.2, 0) is 16.1 Å². The first kappa shape index (κ1) is 19.3. The van der Waals surface area contributed by atoms with Gasteiger partial charge in [0.1, 0.15) is 6.10 Å². The zero-order chi connectivity index (χ0) is 17.4. The fourth-order valence-electron chi connectivity index (χ4n) is 2.71. The molecule has 0 unspecified atom stereocenters. The number of carbonyl (C=O) groups is 1. The molecule has 23 heavy (non-hydrogen) atoms. The SMILES string of the molecule is CC(C)C[C@H](C[N+](=O)[O-])[C@H](C)C(=O)[C@H](C)OCc1ccccc1. The van der Waals surface area contributed by atoms with E-state index in [-0.39, 0.29) is 29.1 Å². The van der Waals surface area contributed by atoms with Gasteiger partial charge in [0.2, 0.25) is 6.54 Å². The number of benzene rings is 1. The molecule has 0 aliphatic heterocycles. The summed E-state index contributed by atoms with van der Waals surface area (Å²) in [4.78, 5) is 23.1. The van der Waals surface area contributed by atoms with E-state index in [0.717, 1.165) is 5.56 Å². The first-order valence-electron chi connectivity index (χ1n) is 8.12. The van der Waals surface area contributed by atoms with Gasteiger partial charge in [0.15, 0.2) is 5.78 Å². The van der Waals surface area contributed by atoms with Gasteiger partial charge in [-0.05, 0) is 24.8 Å². The van der Waals surface area contributed by atoms with Crippen molar-refractivity contribution in [1.29, 1.82) is 0 Å². The molecule has 0 aliphatic carbocycles. The summed E-state index contributed by atoms with van der Waals surface area (Å²) in [6, 6.07) is 9.64. The van der Waals surface area contributed by atoms with E-state index >= 15 is 0 Å². The molecule has 0 aliphatic rings. The minimum absolute atomic E-state index is 0.0616. The molecule has 0 amide bonds. The largest absolute Gasteiger partial charge is 0.366 e.